The topological polar surface area (TPSA) is 97.4 Å². The van der Waals surface area contributed by atoms with Crippen LogP contribution >= 0.6 is 27.5 Å². The number of fused-ring (bicyclic) bond motifs is 1. The standard InChI is InChI=1S/C28H35BrClFN6O3/c1-14(2)21-25(22(15(3)4)33-13-32-21)36-23-17(11-18(30)19(29)20(23)31)24(26(27(36)38)37(39)40)35-10-9-34(12-16(35)5)28(6,7)8/h11,13-16H,9-10,12H2,1-8H3. The fraction of sp³-hybridized carbons (Fsp3) is 0.536. The molecule has 216 valence electrons. The van der Waals surface area contributed by atoms with E-state index in [4.69, 9.17) is 11.6 Å². The van der Waals surface area contributed by atoms with E-state index in [9.17, 15) is 14.9 Å². The molecule has 1 aliphatic heterocycles. The molecular formula is C28H35BrClFN6O3. The van der Waals surface area contributed by atoms with Crippen LogP contribution in [0, 0.1) is 15.9 Å². The third-order valence-electron chi connectivity index (χ3n) is 7.49. The van der Waals surface area contributed by atoms with Crippen molar-refractivity contribution in [3.63, 3.8) is 0 Å². The smallest absolute Gasteiger partial charge is 0.358 e. The van der Waals surface area contributed by atoms with E-state index >= 15 is 4.39 Å². The van der Waals surface area contributed by atoms with Gasteiger partial charge in [-0.05, 0) is 61.5 Å². The van der Waals surface area contributed by atoms with Crippen molar-refractivity contribution in [3.05, 3.63) is 59.6 Å². The lowest BCUT2D eigenvalue weighted by atomic mass is 9.99. The number of anilines is 1. The third-order valence-corrected chi connectivity index (χ3v) is 8.79. The number of hydrogen-bond acceptors (Lipinski definition) is 7. The van der Waals surface area contributed by atoms with Gasteiger partial charge in [-0.1, -0.05) is 39.3 Å². The van der Waals surface area contributed by atoms with Crippen molar-refractivity contribution in [1.82, 2.24) is 19.4 Å². The number of halogens is 3. The lowest BCUT2D eigenvalue weighted by Gasteiger charge is -2.46. The second kappa shape index (κ2) is 11.0. The third kappa shape index (κ3) is 5.12. The first-order valence-corrected chi connectivity index (χ1v) is 14.5. The number of benzene rings is 1. The maximum absolute atomic E-state index is 16.3. The normalized spacial score (nSPS) is 16.9. The summed E-state index contributed by atoms with van der Waals surface area (Å²) in [5.74, 6) is -1.15. The van der Waals surface area contributed by atoms with Crippen LogP contribution in [-0.2, 0) is 0 Å². The fourth-order valence-electron chi connectivity index (χ4n) is 5.47. The van der Waals surface area contributed by atoms with Crippen molar-refractivity contribution in [1.29, 1.82) is 0 Å². The van der Waals surface area contributed by atoms with Crippen molar-refractivity contribution < 1.29 is 9.31 Å². The predicted molar refractivity (Wildman–Crippen MR) is 161 cm³/mol. The molecule has 1 unspecified atom stereocenters. The number of hydrogen-bond donors (Lipinski definition) is 0. The highest BCUT2D eigenvalue weighted by Gasteiger charge is 2.38. The summed E-state index contributed by atoms with van der Waals surface area (Å²) in [5, 5.41) is 12.9. The van der Waals surface area contributed by atoms with Crippen LogP contribution < -0.4 is 10.5 Å². The Morgan fingerprint density at radius 2 is 1.70 bits per heavy atom. The minimum atomic E-state index is -0.940. The van der Waals surface area contributed by atoms with Crippen LogP contribution in [-0.4, -0.2) is 55.6 Å². The Hall–Kier alpha value is -2.63. The van der Waals surface area contributed by atoms with Crippen molar-refractivity contribution in [2.45, 2.75) is 78.8 Å². The molecule has 9 nitrogen and oxygen atoms in total. The predicted octanol–water partition coefficient (Wildman–Crippen LogP) is 6.80. The van der Waals surface area contributed by atoms with Crippen molar-refractivity contribution in [3.8, 4) is 5.69 Å². The van der Waals surface area contributed by atoms with E-state index in [0.29, 0.717) is 31.0 Å². The monoisotopic (exact) mass is 636 g/mol. The molecule has 1 atom stereocenters. The largest absolute Gasteiger partial charge is 0.360 e. The molecule has 40 heavy (non-hydrogen) atoms. The quantitative estimate of drug-likeness (QED) is 0.172. The first-order valence-electron chi connectivity index (χ1n) is 13.3. The Morgan fingerprint density at radius 1 is 1.12 bits per heavy atom. The molecule has 12 heteroatoms. The van der Waals surface area contributed by atoms with Crippen molar-refractivity contribution in [2.24, 2.45) is 0 Å². The summed E-state index contributed by atoms with van der Waals surface area (Å²) in [6, 6.07) is 1.30. The zero-order valence-corrected chi connectivity index (χ0v) is 26.4. The van der Waals surface area contributed by atoms with Gasteiger partial charge in [0.15, 0.2) is 5.82 Å². The minimum absolute atomic E-state index is 0.0331. The zero-order chi connectivity index (χ0) is 29.8. The molecule has 1 saturated heterocycles. The highest BCUT2D eigenvalue weighted by Crippen LogP contribution is 2.43. The molecule has 0 bridgehead atoms. The van der Waals surface area contributed by atoms with E-state index in [0.717, 1.165) is 4.57 Å². The second-order valence-electron chi connectivity index (χ2n) is 11.9. The molecular weight excluding hydrogens is 603 g/mol. The molecule has 1 aromatic carbocycles. The van der Waals surface area contributed by atoms with Gasteiger partial charge in [0.25, 0.3) is 0 Å². The van der Waals surface area contributed by atoms with Crippen LogP contribution in [0.15, 0.2) is 21.7 Å². The average molecular weight is 638 g/mol. The second-order valence-corrected chi connectivity index (χ2v) is 13.1. The van der Waals surface area contributed by atoms with Crippen LogP contribution in [0.3, 0.4) is 0 Å². The minimum Gasteiger partial charge on any atom is -0.360 e. The summed E-state index contributed by atoms with van der Waals surface area (Å²) < 4.78 is 17.4. The van der Waals surface area contributed by atoms with Gasteiger partial charge in [0.05, 0.1) is 37.0 Å². The summed E-state index contributed by atoms with van der Waals surface area (Å²) in [4.78, 5) is 39.4. The van der Waals surface area contributed by atoms with Gasteiger partial charge in [-0.15, -0.1) is 0 Å². The summed E-state index contributed by atoms with van der Waals surface area (Å²) in [6.45, 7) is 17.5. The van der Waals surface area contributed by atoms with Crippen LogP contribution in [0.4, 0.5) is 15.8 Å². The first kappa shape index (κ1) is 30.3. The van der Waals surface area contributed by atoms with E-state index in [-0.39, 0.29) is 55.2 Å². The summed E-state index contributed by atoms with van der Waals surface area (Å²) in [7, 11) is 0. The maximum Gasteiger partial charge on any atom is 0.358 e. The van der Waals surface area contributed by atoms with Gasteiger partial charge in [0.2, 0.25) is 0 Å². The molecule has 0 radical (unpaired) electrons. The lowest BCUT2D eigenvalue weighted by molar-refractivity contribution is -0.385. The Balaban J connectivity index is 2.20. The Morgan fingerprint density at radius 3 is 2.17 bits per heavy atom. The van der Waals surface area contributed by atoms with E-state index in [2.05, 4.69) is 51.6 Å². The van der Waals surface area contributed by atoms with Crippen LogP contribution in [0.1, 0.15) is 78.6 Å². The highest BCUT2D eigenvalue weighted by atomic mass is 79.9. The van der Waals surface area contributed by atoms with Crippen LogP contribution in [0.5, 0.6) is 0 Å². The number of rotatable bonds is 5. The average Bonchev–Trinajstić information content (AvgIpc) is 2.86. The van der Waals surface area contributed by atoms with Crippen LogP contribution in [0.25, 0.3) is 16.6 Å². The van der Waals surface area contributed by atoms with Crippen LogP contribution in [0.2, 0.25) is 5.02 Å². The van der Waals surface area contributed by atoms with E-state index in [1.54, 1.807) is 0 Å². The van der Waals surface area contributed by atoms with Gasteiger partial charge in [-0.25, -0.2) is 14.4 Å². The van der Waals surface area contributed by atoms with E-state index in [1.165, 1.54) is 12.4 Å². The molecule has 3 heterocycles. The zero-order valence-electron chi connectivity index (χ0n) is 24.0. The van der Waals surface area contributed by atoms with Crippen molar-refractivity contribution >= 4 is 49.8 Å². The van der Waals surface area contributed by atoms with Gasteiger partial charge in [0.1, 0.15) is 12.0 Å². The molecule has 0 aliphatic carbocycles. The first-order chi connectivity index (χ1) is 18.6. The Bertz CT molecular complexity index is 1530. The lowest BCUT2D eigenvalue weighted by Crippen LogP contribution is -2.57. The number of pyridine rings is 1. The Kier molecular flexibility index (Phi) is 8.33. The van der Waals surface area contributed by atoms with Gasteiger partial charge in [0, 0.05) is 36.6 Å². The number of piperazine rings is 1. The number of aromatic nitrogens is 3. The van der Waals surface area contributed by atoms with Crippen molar-refractivity contribution in [2.75, 3.05) is 24.5 Å². The molecule has 3 aromatic rings. The number of nitro groups is 1. The summed E-state index contributed by atoms with van der Waals surface area (Å²) >= 11 is 9.69. The SMILES string of the molecule is CC(C)c1ncnc(C(C)C)c1-n1c(=O)c([N+](=O)[O-])c(N2CCN(C(C)(C)C)CC2C)c2cc(Cl)c(Br)c(F)c21. The summed E-state index contributed by atoms with van der Waals surface area (Å²) in [6.07, 6.45) is 1.41. The maximum atomic E-state index is 16.3. The van der Waals surface area contributed by atoms with Gasteiger partial charge < -0.3 is 4.90 Å². The molecule has 0 saturated carbocycles. The van der Waals surface area contributed by atoms with Gasteiger partial charge >= 0.3 is 11.2 Å². The van der Waals surface area contributed by atoms with E-state index < -0.39 is 22.0 Å². The molecule has 2 aromatic heterocycles. The number of nitrogens with zero attached hydrogens (tertiary/aromatic N) is 6. The highest BCUT2D eigenvalue weighted by molar-refractivity contribution is 9.10. The van der Waals surface area contributed by atoms with Gasteiger partial charge in [-0.3, -0.25) is 24.4 Å². The molecule has 1 fully saturated rings. The molecule has 0 spiro atoms. The molecule has 0 amide bonds. The summed E-state index contributed by atoms with van der Waals surface area (Å²) in [5.41, 5.74) is -0.472. The fourth-order valence-corrected chi connectivity index (χ4v) is 5.96. The molecule has 1 aliphatic rings. The van der Waals surface area contributed by atoms with Gasteiger partial charge in [-0.2, -0.15) is 0 Å². The molecule has 0 N–H and O–H groups in total. The van der Waals surface area contributed by atoms with E-state index in [1.807, 2.05) is 39.5 Å². The molecule has 4 rings (SSSR count). The Labute approximate surface area is 246 Å².